The van der Waals surface area contributed by atoms with Crippen molar-refractivity contribution in [2.45, 2.75) is 18.8 Å². The first kappa shape index (κ1) is 11.5. The number of hydrogen-bond donors (Lipinski definition) is 0. The third kappa shape index (κ3) is 2.08. The van der Waals surface area contributed by atoms with Gasteiger partial charge in [0.05, 0.1) is 12.8 Å². The first-order chi connectivity index (χ1) is 8.79. The standard InChI is InChI=1S/C15H14ClNO/c1-18-13-8-9-17-15(14(13)10-2-3-10)11-4-6-12(16)7-5-11/h4-10H,2-3H2,1H3. The largest absolute Gasteiger partial charge is 0.496 e. The molecule has 3 heteroatoms. The van der Waals surface area contributed by atoms with Crippen LogP contribution in [0.1, 0.15) is 24.3 Å². The van der Waals surface area contributed by atoms with Crippen molar-refractivity contribution in [3.05, 3.63) is 47.1 Å². The molecule has 18 heavy (non-hydrogen) atoms. The van der Waals surface area contributed by atoms with Crippen LogP contribution in [0.4, 0.5) is 0 Å². The predicted octanol–water partition coefficient (Wildman–Crippen LogP) is 4.29. The van der Waals surface area contributed by atoms with Crippen LogP contribution in [0, 0.1) is 0 Å². The molecule has 0 saturated heterocycles. The van der Waals surface area contributed by atoms with Crippen molar-refractivity contribution in [3.8, 4) is 17.0 Å². The van der Waals surface area contributed by atoms with Gasteiger partial charge in [-0.1, -0.05) is 23.7 Å². The third-order valence-corrected chi connectivity index (χ3v) is 3.53. The Morgan fingerprint density at radius 3 is 2.50 bits per heavy atom. The zero-order valence-corrected chi connectivity index (χ0v) is 10.9. The summed E-state index contributed by atoms with van der Waals surface area (Å²) < 4.78 is 5.47. The summed E-state index contributed by atoms with van der Waals surface area (Å²) in [4.78, 5) is 4.53. The van der Waals surface area contributed by atoms with E-state index < -0.39 is 0 Å². The summed E-state index contributed by atoms with van der Waals surface area (Å²) in [6, 6.07) is 9.75. The van der Waals surface area contributed by atoms with E-state index in [2.05, 4.69) is 4.98 Å². The van der Waals surface area contributed by atoms with E-state index in [0.717, 1.165) is 22.0 Å². The van der Waals surface area contributed by atoms with E-state index in [0.29, 0.717) is 5.92 Å². The monoisotopic (exact) mass is 259 g/mol. The van der Waals surface area contributed by atoms with Crippen LogP contribution < -0.4 is 4.74 Å². The zero-order valence-electron chi connectivity index (χ0n) is 10.2. The number of nitrogens with zero attached hydrogens (tertiary/aromatic N) is 1. The highest BCUT2D eigenvalue weighted by Gasteiger charge is 2.30. The Kier molecular flexibility index (Phi) is 2.96. The van der Waals surface area contributed by atoms with Crippen molar-refractivity contribution in [3.63, 3.8) is 0 Å². The normalized spacial score (nSPS) is 14.6. The molecule has 0 radical (unpaired) electrons. The van der Waals surface area contributed by atoms with Crippen LogP contribution in [0.25, 0.3) is 11.3 Å². The zero-order chi connectivity index (χ0) is 12.5. The molecule has 3 rings (SSSR count). The van der Waals surface area contributed by atoms with Gasteiger partial charge in [-0.15, -0.1) is 0 Å². The minimum atomic E-state index is 0.597. The molecule has 0 amide bonds. The molecule has 0 bridgehead atoms. The number of rotatable bonds is 3. The molecule has 92 valence electrons. The maximum atomic E-state index is 5.93. The molecule has 1 aliphatic carbocycles. The number of hydrogen-bond acceptors (Lipinski definition) is 2. The van der Waals surface area contributed by atoms with Crippen LogP contribution in [0.5, 0.6) is 5.75 Å². The molecule has 0 unspecified atom stereocenters. The lowest BCUT2D eigenvalue weighted by Gasteiger charge is -2.12. The highest BCUT2D eigenvalue weighted by atomic mass is 35.5. The van der Waals surface area contributed by atoms with Crippen molar-refractivity contribution >= 4 is 11.6 Å². The summed E-state index contributed by atoms with van der Waals surface area (Å²) in [5, 5.41) is 0.745. The van der Waals surface area contributed by atoms with Gasteiger partial charge in [0, 0.05) is 22.3 Å². The number of methoxy groups -OCH3 is 1. The van der Waals surface area contributed by atoms with Crippen molar-refractivity contribution in [2.75, 3.05) is 7.11 Å². The fourth-order valence-corrected chi connectivity index (χ4v) is 2.36. The van der Waals surface area contributed by atoms with Gasteiger partial charge in [0.2, 0.25) is 0 Å². The third-order valence-electron chi connectivity index (χ3n) is 3.27. The van der Waals surface area contributed by atoms with Gasteiger partial charge in [-0.05, 0) is 37.0 Å². The summed E-state index contributed by atoms with van der Waals surface area (Å²) in [6.45, 7) is 0. The number of ether oxygens (including phenoxy) is 1. The fraction of sp³-hybridized carbons (Fsp3) is 0.267. The molecule has 0 atom stereocenters. The Morgan fingerprint density at radius 2 is 1.89 bits per heavy atom. The fourth-order valence-electron chi connectivity index (χ4n) is 2.24. The molecule has 2 aromatic rings. The Hall–Kier alpha value is -1.54. The smallest absolute Gasteiger partial charge is 0.126 e. The van der Waals surface area contributed by atoms with E-state index in [1.165, 1.54) is 18.4 Å². The molecule has 0 N–H and O–H groups in total. The van der Waals surface area contributed by atoms with Crippen molar-refractivity contribution in [1.29, 1.82) is 0 Å². The molecule has 1 aliphatic rings. The second kappa shape index (κ2) is 4.62. The molecule has 1 saturated carbocycles. The molecule has 2 nitrogen and oxygen atoms in total. The van der Waals surface area contributed by atoms with Gasteiger partial charge in [-0.2, -0.15) is 0 Å². The van der Waals surface area contributed by atoms with E-state index in [1.54, 1.807) is 13.3 Å². The van der Waals surface area contributed by atoms with Gasteiger partial charge >= 0.3 is 0 Å². The minimum Gasteiger partial charge on any atom is -0.496 e. The molecule has 1 aromatic heterocycles. The van der Waals surface area contributed by atoms with E-state index >= 15 is 0 Å². The van der Waals surface area contributed by atoms with Crippen molar-refractivity contribution in [1.82, 2.24) is 4.98 Å². The van der Waals surface area contributed by atoms with Crippen LogP contribution in [0.2, 0.25) is 5.02 Å². The Morgan fingerprint density at radius 1 is 1.17 bits per heavy atom. The second-order valence-corrected chi connectivity index (χ2v) is 4.99. The van der Waals surface area contributed by atoms with Gasteiger partial charge in [0.15, 0.2) is 0 Å². The lowest BCUT2D eigenvalue weighted by Crippen LogP contribution is -1.96. The van der Waals surface area contributed by atoms with E-state index in [9.17, 15) is 0 Å². The van der Waals surface area contributed by atoms with Gasteiger partial charge in [-0.25, -0.2) is 0 Å². The first-order valence-corrected chi connectivity index (χ1v) is 6.46. The minimum absolute atomic E-state index is 0.597. The van der Waals surface area contributed by atoms with Crippen LogP contribution in [0.3, 0.4) is 0 Å². The topological polar surface area (TPSA) is 22.1 Å². The maximum absolute atomic E-state index is 5.93. The Bertz CT molecular complexity index is 561. The van der Waals surface area contributed by atoms with Gasteiger partial charge < -0.3 is 4.74 Å². The molecule has 0 spiro atoms. The summed E-state index contributed by atoms with van der Waals surface area (Å²) in [6.07, 6.45) is 4.25. The van der Waals surface area contributed by atoms with E-state index in [1.807, 2.05) is 30.3 Å². The van der Waals surface area contributed by atoms with Crippen molar-refractivity contribution in [2.24, 2.45) is 0 Å². The predicted molar refractivity (Wildman–Crippen MR) is 73.2 cm³/mol. The summed E-state index contributed by atoms with van der Waals surface area (Å²) >= 11 is 5.93. The molecule has 1 fully saturated rings. The van der Waals surface area contributed by atoms with Crippen LogP contribution in [-0.2, 0) is 0 Å². The van der Waals surface area contributed by atoms with Gasteiger partial charge in [-0.3, -0.25) is 4.98 Å². The van der Waals surface area contributed by atoms with Gasteiger partial charge in [0.1, 0.15) is 5.75 Å². The first-order valence-electron chi connectivity index (χ1n) is 6.08. The lowest BCUT2D eigenvalue weighted by atomic mass is 10.0. The average molecular weight is 260 g/mol. The number of aromatic nitrogens is 1. The summed E-state index contributed by atoms with van der Waals surface area (Å²) in [5.74, 6) is 1.54. The summed E-state index contributed by atoms with van der Waals surface area (Å²) in [7, 11) is 1.72. The Balaban J connectivity index is 2.13. The Labute approximate surface area is 112 Å². The van der Waals surface area contributed by atoms with Crippen LogP contribution >= 0.6 is 11.6 Å². The van der Waals surface area contributed by atoms with Crippen LogP contribution in [0.15, 0.2) is 36.5 Å². The van der Waals surface area contributed by atoms with E-state index in [4.69, 9.17) is 16.3 Å². The second-order valence-electron chi connectivity index (χ2n) is 4.56. The number of pyridine rings is 1. The lowest BCUT2D eigenvalue weighted by molar-refractivity contribution is 0.409. The average Bonchev–Trinajstić information content (AvgIpc) is 3.23. The van der Waals surface area contributed by atoms with E-state index in [-0.39, 0.29) is 0 Å². The van der Waals surface area contributed by atoms with Gasteiger partial charge in [0.25, 0.3) is 0 Å². The molecule has 0 aliphatic heterocycles. The number of halogens is 1. The maximum Gasteiger partial charge on any atom is 0.126 e. The van der Waals surface area contributed by atoms with Crippen LogP contribution in [-0.4, -0.2) is 12.1 Å². The molecule has 1 heterocycles. The SMILES string of the molecule is COc1ccnc(-c2ccc(Cl)cc2)c1C1CC1. The highest BCUT2D eigenvalue weighted by molar-refractivity contribution is 6.30. The number of benzene rings is 1. The highest BCUT2D eigenvalue weighted by Crippen LogP contribution is 2.47. The summed E-state index contributed by atoms with van der Waals surface area (Å²) in [5.41, 5.74) is 3.36. The molecular formula is C15H14ClNO. The molecular weight excluding hydrogens is 246 g/mol. The molecule has 1 aromatic carbocycles. The van der Waals surface area contributed by atoms with Crippen molar-refractivity contribution < 1.29 is 4.74 Å². The quantitative estimate of drug-likeness (QED) is 0.820.